The van der Waals surface area contributed by atoms with Crippen LogP contribution in [0.1, 0.15) is 25.7 Å². The Morgan fingerprint density at radius 1 is 1.30 bits per heavy atom. The van der Waals surface area contributed by atoms with Crippen molar-refractivity contribution in [2.24, 2.45) is 5.73 Å². The van der Waals surface area contributed by atoms with Gasteiger partial charge in [0.2, 0.25) is 5.95 Å². The van der Waals surface area contributed by atoms with Crippen molar-refractivity contribution in [2.75, 3.05) is 5.32 Å². The Morgan fingerprint density at radius 3 is 2.80 bits per heavy atom. The Kier molecular flexibility index (Phi) is 2.14. The van der Waals surface area contributed by atoms with Gasteiger partial charge in [-0.3, -0.25) is 4.57 Å². The van der Waals surface area contributed by atoms with Crippen molar-refractivity contribution in [1.29, 1.82) is 5.26 Å². The van der Waals surface area contributed by atoms with Crippen LogP contribution in [0.25, 0.3) is 16.9 Å². The van der Waals surface area contributed by atoms with E-state index in [9.17, 15) is 5.26 Å². The molecule has 0 atom stereocenters. The second-order valence-electron chi connectivity index (χ2n) is 5.55. The third-order valence-corrected chi connectivity index (χ3v) is 4.46. The summed E-state index contributed by atoms with van der Waals surface area (Å²) in [7, 11) is 0. The molecule has 1 saturated carbocycles. The number of para-hydroxylation sites is 2. The van der Waals surface area contributed by atoms with Crippen LogP contribution in [0.2, 0.25) is 0 Å². The highest BCUT2D eigenvalue weighted by molar-refractivity contribution is 5.86. The van der Waals surface area contributed by atoms with Crippen molar-refractivity contribution < 1.29 is 0 Å². The molecule has 1 spiro atoms. The molecule has 4 rings (SSSR count). The number of anilines is 1. The molecule has 0 unspecified atom stereocenters. The first kappa shape index (κ1) is 11.4. The van der Waals surface area contributed by atoms with Crippen LogP contribution in [0.15, 0.2) is 29.8 Å². The number of benzene rings is 1. The number of imidazole rings is 1. The highest BCUT2D eigenvalue weighted by atomic mass is 15.3. The Balaban J connectivity index is 2.03. The zero-order chi connectivity index (χ0) is 13.7. The van der Waals surface area contributed by atoms with Gasteiger partial charge in [-0.25, -0.2) is 4.98 Å². The molecular formula is C15H15N5. The van der Waals surface area contributed by atoms with Crippen LogP contribution in [-0.2, 0) is 0 Å². The first-order valence-electron chi connectivity index (χ1n) is 6.91. The molecule has 3 N–H and O–H groups in total. The number of nitriles is 1. The number of hydrogen-bond acceptors (Lipinski definition) is 4. The third-order valence-electron chi connectivity index (χ3n) is 4.46. The Hall–Kier alpha value is -2.48. The molecule has 1 aromatic carbocycles. The van der Waals surface area contributed by atoms with Crippen molar-refractivity contribution in [1.82, 2.24) is 9.55 Å². The van der Waals surface area contributed by atoms with Crippen LogP contribution in [0, 0.1) is 11.3 Å². The van der Waals surface area contributed by atoms with Gasteiger partial charge in [-0.1, -0.05) is 25.0 Å². The summed E-state index contributed by atoms with van der Waals surface area (Å²) in [6, 6.07) is 10.2. The van der Waals surface area contributed by atoms with Crippen molar-refractivity contribution >= 4 is 22.8 Å². The van der Waals surface area contributed by atoms with Gasteiger partial charge in [-0.15, -0.1) is 0 Å². The number of nitrogens with zero attached hydrogens (tertiary/aromatic N) is 3. The molecule has 2 aromatic rings. The lowest BCUT2D eigenvalue weighted by molar-refractivity contribution is 0.558. The fourth-order valence-electron chi connectivity index (χ4n) is 3.51. The minimum absolute atomic E-state index is 0.309. The van der Waals surface area contributed by atoms with E-state index in [-0.39, 0.29) is 5.54 Å². The maximum atomic E-state index is 9.56. The molecule has 0 amide bonds. The van der Waals surface area contributed by atoms with E-state index < -0.39 is 0 Å². The summed E-state index contributed by atoms with van der Waals surface area (Å²) < 4.78 is 1.86. The summed E-state index contributed by atoms with van der Waals surface area (Å²) in [4.78, 5) is 4.62. The quantitative estimate of drug-likeness (QED) is 0.766. The Morgan fingerprint density at radius 2 is 2.05 bits per heavy atom. The number of fused-ring (bicyclic) bond motifs is 3. The van der Waals surface area contributed by atoms with Crippen LogP contribution in [0.4, 0.5) is 5.95 Å². The van der Waals surface area contributed by atoms with E-state index in [1.807, 2.05) is 28.8 Å². The molecule has 2 aliphatic rings. The van der Waals surface area contributed by atoms with Crippen molar-refractivity contribution in [3.05, 3.63) is 29.8 Å². The fraction of sp³-hybridized carbons (Fsp3) is 0.333. The number of hydrogen-bond donors (Lipinski definition) is 2. The first-order chi connectivity index (χ1) is 9.75. The first-order valence-corrected chi connectivity index (χ1v) is 6.91. The van der Waals surface area contributed by atoms with Gasteiger partial charge in [0, 0.05) is 0 Å². The largest absolute Gasteiger partial charge is 0.384 e. The van der Waals surface area contributed by atoms with E-state index in [0.29, 0.717) is 11.4 Å². The molecule has 5 nitrogen and oxygen atoms in total. The summed E-state index contributed by atoms with van der Waals surface area (Å²) in [5.41, 5.74) is 8.49. The predicted octanol–water partition coefficient (Wildman–Crippen LogP) is 2.43. The average Bonchev–Trinajstić information content (AvgIpc) is 3.04. The van der Waals surface area contributed by atoms with Gasteiger partial charge in [0.05, 0.1) is 22.1 Å². The summed E-state index contributed by atoms with van der Waals surface area (Å²) in [6.07, 6.45) is 4.12. The lowest BCUT2D eigenvalue weighted by atomic mass is 9.87. The van der Waals surface area contributed by atoms with Gasteiger partial charge in [-0.05, 0) is 25.0 Å². The molecule has 1 aliphatic heterocycles. The lowest BCUT2D eigenvalue weighted by Gasteiger charge is -2.35. The topological polar surface area (TPSA) is 79.7 Å². The van der Waals surface area contributed by atoms with Gasteiger partial charge < -0.3 is 11.1 Å². The van der Waals surface area contributed by atoms with E-state index in [0.717, 1.165) is 42.7 Å². The van der Waals surface area contributed by atoms with Crippen LogP contribution in [0.3, 0.4) is 0 Å². The van der Waals surface area contributed by atoms with E-state index in [4.69, 9.17) is 5.73 Å². The zero-order valence-corrected chi connectivity index (χ0v) is 11.1. The number of rotatable bonds is 0. The number of aromatic nitrogens is 2. The van der Waals surface area contributed by atoms with Crippen molar-refractivity contribution in [2.45, 2.75) is 31.2 Å². The summed E-state index contributed by atoms with van der Waals surface area (Å²) in [5.74, 6) is 1.28. The molecule has 0 saturated heterocycles. The van der Waals surface area contributed by atoms with Crippen LogP contribution < -0.4 is 11.1 Å². The molecule has 20 heavy (non-hydrogen) atoms. The van der Waals surface area contributed by atoms with Crippen LogP contribution in [0.5, 0.6) is 0 Å². The summed E-state index contributed by atoms with van der Waals surface area (Å²) >= 11 is 0. The summed E-state index contributed by atoms with van der Waals surface area (Å²) in [6.45, 7) is 0. The minimum atomic E-state index is -0.309. The predicted molar refractivity (Wildman–Crippen MR) is 77.6 cm³/mol. The third kappa shape index (κ3) is 1.28. The molecule has 5 heteroatoms. The molecule has 1 aromatic heterocycles. The average molecular weight is 265 g/mol. The standard InChI is InChI=1S/C15H15N5/c16-9-10-13(17)20-12-6-2-1-5-11(12)18-14(20)19-15(10)7-3-4-8-15/h1-2,5-6H,3-4,7-8,17H2,(H,18,19). The maximum absolute atomic E-state index is 9.56. The Labute approximate surface area is 116 Å². The highest BCUT2D eigenvalue weighted by Crippen LogP contribution is 2.43. The molecule has 2 heterocycles. The molecule has 100 valence electrons. The second kappa shape index (κ2) is 3.76. The monoisotopic (exact) mass is 265 g/mol. The second-order valence-corrected chi connectivity index (χ2v) is 5.55. The van der Waals surface area contributed by atoms with Gasteiger partial charge in [-0.2, -0.15) is 5.26 Å². The van der Waals surface area contributed by atoms with E-state index in [2.05, 4.69) is 16.4 Å². The van der Waals surface area contributed by atoms with Crippen molar-refractivity contribution in [3.63, 3.8) is 0 Å². The van der Waals surface area contributed by atoms with E-state index >= 15 is 0 Å². The number of nitrogens with two attached hydrogens (primary N) is 1. The normalized spacial score (nSPS) is 19.9. The van der Waals surface area contributed by atoms with Crippen LogP contribution >= 0.6 is 0 Å². The molecule has 0 radical (unpaired) electrons. The minimum Gasteiger partial charge on any atom is -0.384 e. The van der Waals surface area contributed by atoms with Gasteiger partial charge in [0.1, 0.15) is 11.9 Å². The zero-order valence-electron chi connectivity index (χ0n) is 11.1. The fourth-order valence-corrected chi connectivity index (χ4v) is 3.51. The number of nitrogens with one attached hydrogen (secondary N) is 1. The molecular weight excluding hydrogens is 250 g/mol. The maximum Gasteiger partial charge on any atom is 0.210 e. The molecule has 0 bridgehead atoms. The van der Waals surface area contributed by atoms with Crippen LogP contribution in [-0.4, -0.2) is 15.1 Å². The smallest absolute Gasteiger partial charge is 0.210 e. The van der Waals surface area contributed by atoms with E-state index in [1.165, 1.54) is 0 Å². The van der Waals surface area contributed by atoms with Crippen molar-refractivity contribution in [3.8, 4) is 6.07 Å². The van der Waals surface area contributed by atoms with Gasteiger partial charge >= 0.3 is 0 Å². The summed E-state index contributed by atoms with van der Waals surface area (Å²) in [5, 5.41) is 13.0. The highest BCUT2D eigenvalue weighted by Gasteiger charge is 2.43. The molecule has 1 fully saturated rings. The Bertz CT molecular complexity index is 771. The van der Waals surface area contributed by atoms with Gasteiger partial charge in [0.15, 0.2) is 0 Å². The SMILES string of the molecule is N#CC1=C(N)n2c(nc3ccccc32)NC12CCCC2. The lowest BCUT2D eigenvalue weighted by Crippen LogP contribution is -2.43. The van der Waals surface area contributed by atoms with E-state index in [1.54, 1.807) is 0 Å². The molecule has 1 aliphatic carbocycles. The van der Waals surface area contributed by atoms with Gasteiger partial charge in [0.25, 0.3) is 0 Å².